The second kappa shape index (κ2) is 7.37. The number of amides is 1. The van der Waals surface area contributed by atoms with Crippen LogP contribution in [0, 0.1) is 5.82 Å². The van der Waals surface area contributed by atoms with Gasteiger partial charge in [-0.1, -0.05) is 24.3 Å². The minimum absolute atomic E-state index is 0.140. The highest BCUT2D eigenvalue weighted by Crippen LogP contribution is 2.20. The van der Waals surface area contributed by atoms with Gasteiger partial charge in [-0.2, -0.15) is 0 Å². The third-order valence-electron chi connectivity index (χ3n) is 3.53. The molecule has 5 nitrogen and oxygen atoms in total. The van der Waals surface area contributed by atoms with Crippen LogP contribution in [0.5, 0.6) is 0 Å². The average Bonchev–Trinajstić information content (AvgIpc) is 2.63. The Morgan fingerprint density at radius 3 is 2.15 bits per heavy atom. The molecule has 26 heavy (non-hydrogen) atoms. The highest BCUT2D eigenvalue weighted by molar-refractivity contribution is 7.92. The van der Waals surface area contributed by atoms with Gasteiger partial charge in [-0.25, -0.2) is 12.8 Å². The monoisotopic (exact) mass is 370 g/mol. The number of hydrogen-bond donors (Lipinski definition) is 2. The van der Waals surface area contributed by atoms with E-state index in [1.807, 2.05) is 0 Å². The molecule has 7 heteroatoms. The van der Waals surface area contributed by atoms with Crippen LogP contribution in [0.4, 0.5) is 15.8 Å². The third-order valence-corrected chi connectivity index (χ3v) is 4.93. The van der Waals surface area contributed by atoms with Gasteiger partial charge in [-0.3, -0.25) is 9.52 Å². The molecule has 3 rings (SSSR count). The van der Waals surface area contributed by atoms with Crippen molar-refractivity contribution in [3.8, 4) is 0 Å². The Labute approximate surface area is 150 Å². The van der Waals surface area contributed by atoms with Crippen molar-refractivity contribution in [2.75, 3.05) is 10.0 Å². The molecular weight excluding hydrogens is 355 g/mol. The quantitative estimate of drug-likeness (QED) is 0.716. The summed E-state index contributed by atoms with van der Waals surface area (Å²) in [5.41, 5.74) is 1.01. The number of benzene rings is 3. The minimum atomic E-state index is -3.72. The lowest BCUT2D eigenvalue weighted by atomic mass is 10.2. The Morgan fingerprint density at radius 2 is 1.46 bits per heavy atom. The molecule has 132 valence electrons. The molecule has 0 heterocycles. The molecule has 0 saturated heterocycles. The van der Waals surface area contributed by atoms with Crippen molar-refractivity contribution in [1.29, 1.82) is 0 Å². The van der Waals surface area contributed by atoms with Gasteiger partial charge < -0.3 is 5.32 Å². The fourth-order valence-corrected chi connectivity index (χ4v) is 3.35. The van der Waals surface area contributed by atoms with Gasteiger partial charge in [0.2, 0.25) is 0 Å². The Bertz CT molecular complexity index is 1020. The first kappa shape index (κ1) is 17.6. The summed E-state index contributed by atoms with van der Waals surface area (Å²) < 4.78 is 40.1. The largest absolute Gasteiger partial charge is 0.322 e. The summed E-state index contributed by atoms with van der Waals surface area (Å²) in [6.45, 7) is 0. The molecule has 3 aromatic rings. The summed E-state index contributed by atoms with van der Waals surface area (Å²) in [5, 5.41) is 2.65. The summed E-state index contributed by atoms with van der Waals surface area (Å²) in [6, 6.07) is 19.4. The van der Waals surface area contributed by atoms with E-state index in [0.29, 0.717) is 16.9 Å². The number of carbonyl (C=O) groups excluding carboxylic acids is 1. The SMILES string of the molecule is O=C(Nc1cccc(NS(=O)(=O)c2ccccc2)c1)c1ccc(F)cc1. The highest BCUT2D eigenvalue weighted by Gasteiger charge is 2.14. The molecule has 0 bridgehead atoms. The van der Waals surface area contributed by atoms with Crippen LogP contribution < -0.4 is 10.0 Å². The first-order valence-electron chi connectivity index (χ1n) is 7.69. The summed E-state index contributed by atoms with van der Waals surface area (Å²) in [6.07, 6.45) is 0. The van der Waals surface area contributed by atoms with Crippen molar-refractivity contribution in [3.63, 3.8) is 0 Å². The molecular formula is C19H15FN2O3S. The van der Waals surface area contributed by atoms with Gasteiger partial charge in [0.15, 0.2) is 0 Å². The molecule has 0 spiro atoms. The van der Waals surface area contributed by atoms with Crippen molar-refractivity contribution in [2.45, 2.75) is 4.90 Å². The van der Waals surface area contributed by atoms with E-state index in [4.69, 9.17) is 0 Å². The smallest absolute Gasteiger partial charge is 0.261 e. The average molecular weight is 370 g/mol. The highest BCUT2D eigenvalue weighted by atomic mass is 32.2. The van der Waals surface area contributed by atoms with Crippen molar-refractivity contribution in [2.24, 2.45) is 0 Å². The Morgan fingerprint density at radius 1 is 0.808 bits per heavy atom. The van der Waals surface area contributed by atoms with Crippen LogP contribution >= 0.6 is 0 Å². The molecule has 0 atom stereocenters. The lowest BCUT2D eigenvalue weighted by molar-refractivity contribution is 0.102. The normalized spacial score (nSPS) is 11.0. The maximum absolute atomic E-state index is 12.9. The first-order chi connectivity index (χ1) is 12.4. The topological polar surface area (TPSA) is 75.3 Å². The molecule has 2 N–H and O–H groups in total. The van der Waals surface area contributed by atoms with Gasteiger partial charge in [0.1, 0.15) is 5.82 Å². The third kappa shape index (κ3) is 4.25. The lowest BCUT2D eigenvalue weighted by Gasteiger charge is -2.10. The van der Waals surface area contributed by atoms with Crippen molar-refractivity contribution < 1.29 is 17.6 Å². The zero-order valence-electron chi connectivity index (χ0n) is 13.5. The Hall–Kier alpha value is -3.19. The number of sulfonamides is 1. The van der Waals surface area contributed by atoms with Crippen molar-refractivity contribution in [1.82, 2.24) is 0 Å². The van der Waals surface area contributed by atoms with E-state index in [0.717, 1.165) is 0 Å². The molecule has 0 radical (unpaired) electrons. The van der Waals surface area contributed by atoms with Crippen molar-refractivity contribution in [3.05, 3.63) is 90.2 Å². The number of nitrogens with one attached hydrogen (secondary N) is 2. The molecule has 3 aromatic carbocycles. The summed E-state index contributed by atoms with van der Waals surface area (Å²) in [4.78, 5) is 12.3. The Balaban J connectivity index is 1.76. The van der Waals surface area contributed by atoms with E-state index in [2.05, 4.69) is 10.0 Å². The summed E-state index contributed by atoms with van der Waals surface area (Å²) in [7, 11) is -3.72. The maximum Gasteiger partial charge on any atom is 0.261 e. The zero-order chi connectivity index (χ0) is 18.6. The molecule has 1 amide bonds. The van der Waals surface area contributed by atoms with Crippen LogP contribution in [0.25, 0.3) is 0 Å². The molecule has 0 unspecified atom stereocenters. The summed E-state index contributed by atoms with van der Waals surface area (Å²) >= 11 is 0. The number of carbonyl (C=O) groups is 1. The summed E-state index contributed by atoms with van der Waals surface area (Å²) in [5.74, 6) is -0.855. The number of hydrogen-bond acceptors (Lipinski definition) is 3. The molecule has 0 saturated carbocycles. The van der Waals surface area contributed by atoms with Gasteiger partial charge in [-0.05, 0) is 54.6 Å². The van der Waals surface area contributed by atoms with Crippen LogP contribution in [-0.4, -0.2) is 14.3 Å². The van der Waals surface area contributed by atoms with Crippen LogP contribution in [0.1, 0.15) is 10.4 Å². The second-order valence-corrected chi connectivity index (χ2v) is 7.14. The molecule has 0 aliphatic rings. The van der Waals surface area contributed by atoms with E-state index in [1.54, 1.807) is 36.4 Å². The van der Waals surface area contributed by atoms with E-state index < -0.39 is 21.7 Å². The standard InChI is InChI=1S/C19H15FN2O3S/c20-15-11-9-14(10-12-15)19(23)21-16-5-4-6-17(13-16)22-26(24,25)18-7-2-1-3-8-18/h1-13,22H,(H,21,23). The lowest BCUT2D eigenvalue weighted by Crippen LogP contribution is -2.14. The molecule has 0 aliphatic carbocycles. The number of rotatable bonds is 5. The fourth-order valence-electron chi connectivity index (χ4n) is 2.28. The van der Waals surface area contributed by atoms with Crippen LogP contribution in [0.2, 0.25) is 0 Å². The van der Waals surface area contributed by atoms with Crippen molar-refractivity contribution >= 4 is 27.3 Å². The van der Waals surface area contributed by atoms with Gasteiger partial charge >= 0.3 is 0 Å². The Kier molecular flexibility index (Phi) is 4.99. The zero-order valence-corrected chi connectivity index (χ0v) is 14.3. The van der Waals surface area contributed by atoms with Gasteiger partial charge in [0.25, 0.3) is 15.9 Å². The molecule has 0 fully saturated rings. The van der Waals surface area contributed by atoms with Crippen LogP contribution in [-0.2, 0) is 10.0 Å². The number of anilines is 2. The fraction of sp³-hybridized carbons (Fsp3) is 0. The number of halogens is 1. The van der Waals surface area contributed by atoms with E-state index in [-0.39, 0.29) is 4.90 Å². The van der Waals surface area contributed by atoms with Gasteiger partial charge in [0.05, 0.1) is 10.6 Å². The van der Waals surface area contributed by atoms with Crippen LogP contribution in [0.15, 0.2) is 83.8 Å². The minimum Gasteiger partial charge on any atom is -0.322 e. The predicted octanol–water partition coefficient (Wildman–Crippen LogP) is 3.88. The maximum atomic E-state index is 12.9. The second-order valence-electron chi connectivity index (χ2n) is 5.46. The molecule has 0 aromatic heterocycles. The first-order valence-corrected chi connectivity index (χ1v) is 9.17. The van der Waals surface area contributed by atoms with Gasteiger partial charge in [-0.15, -0.1) is 0 Å². The van der Waals surface area contributed by atoms with E-state index >= 15 is 0 Å². The predicted molar refractivity (Wildman–Crippen MR) is 98.0 cm³/mol. The molecule has 0 aliphatic heterocycles. The van der Waals surface area contributed by atoms with E-state index in [9.17, 15) is 17.6 Å². The van der Waals surface area contributed by atoms with E-state index in [1.165, 1.54) is 42.5 Å². The van der Waals surface area contributed by atoms with Gasteiger partial charge in [0, 0.05) is 11.3 Å². The van der Waals surface area contributed by atoms with Crippen LogP contribution in [0.3, 0.4) is 0 Å².